The Balaban J connectivity index is 0.000000241. The number of rotatable bonds is 0. The van der Waals surface area contributed by atoms with Gasteiger partial charge in [-0.25, -0.2) is 0 Å². The van der Waals surface area contributed by atoms with Gasteiger partial charge in [-0.3, -0.25) is 14.9 Å². The molecule has 0 spiro atoms. The molecule has 1 saturated carbocycles. The molecule has 2 unspecified atom stereocenters. The van der Waals surface area contributed by atoms with Crippen LogP contribution in [-0.2, 0) is 0 Å². The minimum absolute atomic E-state index is 0.0139. The summed E-state index contributed by atoms with van der Waals surface area (Å²) in [4.78, 5) is 32.0. The van der Waals surface area contributed by atoms with Crippen LogP contribution in [-0.4, -0.2) is 33.0 Å². The summed E-state index contributed by atoms with van der Waals surface area (Å²) < 4.78 is 0. The highest BCUT2D eigenvalue weighted by atomic mass is 16.3. The molecule has 6 heteroatoms. The van der Waals surface area contributed by atoms with Crippen molar-refractivity contribution in [3.05, 3.63) is 59.7 Å². The molecule has 7 rings (SSSR count). The molecule has 6 nitrogen and oxygen atoms in total. The van der Waals surface area contributed by atoms with Gasteiger partial charge < -0.3 is 15.1 Å². The fraction of sp³-hybridized carbons (Fsp3) is 0.231. The third kappa shape index (κ3) is 2.63. The number of carbonyl (C=O) groups is 2. The Hall–Kier alpha value is -3.64. The Morgan fingerprint density at radius 1 is 0.781 bits per heavy atom. The summed E-state index contributed by atoms with van der Waals surface area (Å²) >= 11 is 0. The number of aromatic amines is 2. The van der Waals surface area contributed by atoms with E-state index in [1.165, 1.54) is 12.8 Å². The van der Waals surface area contributed by atoms with Crippen LogP contribution >= 0.6 is 0 Å². The first-order valence-corrected chi connectivity index (χ1v) is 11.0. The Morgan fingerprint density at radius 3 is 1.69 bits per heavy atom. The number of hydrogen-bond acceptors (Lipinski definition) is 3. The lowest BCUT2D eigenvalue weighted by atomic mass is 9.97. The van der Waals surface area contributed by atoms with Crippen molar-refractivity contribution in [3.63, 3.8) is 0 Å². The summed E-state index contributed by atoms with van der Waals surface area (Å²) in [7, 11) is 0. The van der Waals surface area contributed by atoms with Crippen molar-refractivity contribution in [1.29, 1.82) is 0 Å². The molecule has 2 atom stereocenters. The number of aliphatic hydroxyl groups is 1. The maximum Gasteiger partial charge on any atom is 0.259 e. The lowest BCUT2D eigenvalue weighted by Crippen LogP contribution is -2.20. The number of para-hydroxylation sites is 2. The highest BCUT2D eigenvalue weighted by Crippen LogP contribution is 2.41. The van der Waals surface area contributed by atoms with E-state index in [4.69, 9.17) is 5.11 Å². The third-order valence-corrected chi connectivity index (χ3v) is 6.91. The van der Waals surface area contributed by atoms with E-state index in [9.17, 15) is 9.59 Å². The van der Waals surface area contributed by atoms with E-state index < -0.39 is 0 Å². The molecule has 5 aromatic rings. The number of fused-ring (bicyclic) bond motifs is 10. The van der Waals surface area contributed by atoms with Gasteiger partial charge in [0.05, 0.1) is 28.3 Å². The second-order valence-electron chi connectivity index (χ2n) is 8.85. The molecule has 4 N–H and O–H groups in total. The molecule has 1 fully saturated rings. The minimum Gasteiger partial charge on any atom is -0.393 e. The number of benzene rings is 3. The quantitative estimate of drug-likeness (QED) is 0.263. The first kappa shape index (κ1) is 19.1. The number of nitrogens with one attached hydrogen (secondary N) is 3. The lowest BCUT2D eigenvalue weighted by Gasteiger charge is -2.04. The zero-order chi connectivity index (χ0) is 22.0. The van der Waals surface area contributed by atoms with Crippen LogP contribution in [0.15, 0.2) is 48.5 Å². The van der Waals surface area contributed by atoms with Crippen LogP contribution in [0.1, 0.15) is 46.9 Å². The summed E-state index contributed by atoms with van der Waals surface area (Å²) in [5.74, 6) is -0.0936. The summed E-state index contributed by atoms with van der Waals surface area (Å²) in [6.45, 7) is 2.11. The zero-order valence-corrected chi connectivity index (χ0v) is 17.7. The number of aromatic nitrogens is 2. The number of amides is 2. The molecule has 0 bridgehead atoms. The molecule has 1 aliphatic heterocycles. The molecule has 1 aliphatic carbocycles. The molecular formula is C26H23N3O3. The van der Waals surface area contributed by atoms with Crippen LogP contribution in [0.4, 0.5) is 0 Å². The van der Waals surface area contributed by atoms with E-state index in [0.29, 0.717) is 17.0 Å². The summed E-state index contributed by atoms with van der Waals surface area (Å²) in [6.07, 6.45) is 3.49. The first-order chi connectivity index (χ1) is 15.5. The summed E-state index contributed by atoms with van der Waals surface area (Å²) in [5, 5.41) is 15.0. The predicted molar refractivity (Wildman–Crippen MR) is 126 cm³/mol. The smallest absolute Gasteiger partial charge is 0.259 e. The van der Waals surface area contributed by atoms with E-state index in [2.05, 4.69) is 22.2 Å². The SMILES string of the molecule is CC1CCCC1O.O=C1NC(=O)c2c1c1c3ccccc3[nH]c1c1[nH]c3ccccc3c21. The highest BCUT2D eigenvalue weighted by Gasteiger charge is 2.34. The predicted octanol–water partition coefficient (Wildman–Crippen LogP) is 5.01. The Morgan fingerprint density at radius 2 is 1.28 bits per heavy atom. The number of carbonyl (C=O) groups excluding carboxylic acids is 2. The van der Waals surface area contributed by atoms with Crippen molar-refractivity contribution in [1.82, 2.24) is 15.3 Å². The van der Waals surface area contributed by atoms with Gasteiger partial charge in [0.15, 0.2) is 0 Å². The van der Waals surface area contributed by atoms with Gasteiger partial charge in [0.25, 0.3) is 11.8 Å². The van der Waals surface area contributed by atoms with Gasteiger partial charge in [-0.1, -0.05) is 49.7 Å². The fourth-order valence-corrected chi connectivity index (χ4v) is 5.24. The average molecular weight is 425 g/mol. The van der Waals surface area contributed by atoms with Gasteiger partial charge in [0.1, 0.15) is 0 Å². The number of aliphatic hydroxyl groups excluding tert-OH is 1. The van der Waals surface area contributed by atoms with Crippen LogP contribution in [0.3, 0.4) is 0 Å². The molecule has 2 aliphatic rings. The second kappa shape index (κ2) is 6.93. The maximum atomic E-state index is 12.6. The van der Waals surface area contributed by atoms with Gasteiger partial charge >= 0.3 is 0 Å². The van der Waals surface area contributed by atoms with Crippen LogP contribution in [0.5, 0.6) is 0 Å². The average Bonchev–Trinajstić information content (AvgIpc) is 3.53. The Bertz CT molecular complexity index is 1440. The van der Waals surface area contributed by atoms with E-state index >= 15 is 0 Å². The van der Waals surface area contributed by atoms with Crippen molar-refractivity contribution in [2.24, 2.45) is 5.92 Å². The van der Waals surface area contributed by atoms with Crippen molar-refractivity contribution in [3.8, 4) is 0 Å². The van der Waals surface area contributed by atoms with Crippen molar-refractivity contribution >= 4 is 55.4 Å². The zero-order valence-electron chi connectivity index (χ0n) is 17.7. The van der Waals surface area contributed by atoms with Crippen molar-refractivity contribution in [2.75, 3.05) is 0 Å². The topological polar surface area (TPSA) is 98.0 Å². The molecule has 2 aromatic heterocycles. The second-order valence-corrected chi connectivity index (χ2v) is 8.85. The van der Waals surface area contributed by atoms with Crippen molar-refractivity contribution in [2.45, 2.75) is 32.3 Å². The molecule has 32 heavy (non-hydrogen) atoms. The Labute approximate surface area is 183 Å². The monoisotopic (exact) mass is 425 g/mol. The van der Waals surface area contributed by atoms with E-state index in [1.807, 2.05) is 48.5 Å². The van der Waals surface area contributed by atoms with E-state index in [1.54, 1.807) is 0 Å². The summed E-state index contributed by atoms with van der Waals surface area (Å²) in [5.41, 5.74) is 4.53. The molecule has 3 heterocycles. The largest absolute Gasteiger partial charge is 0.393 e. The van der Waals surface area contributed by atoms with Gasteiger partial charge in [-0.15, -0.1) is 0 Å². The number of imide groups is 1. The first-order valence-electron chi connectivity index (χ1n) is 11.0. The maximum absolute atomic E-state index is 12.6. The van der Waals surface area contributed by atoms with Crippen LogP contribution in [0, 0.1) is 5.92 Å². The minimum atomic E-state index is -0.332. The van der Waals surface area contributed by atoms with E-state index in [0.717, 1.165) is 50.0 Å². The van der Waals surface area contributed by atoms with Gasteiger partial charge in [0.2, 0.25) is 0 Å². The fourth-order valence-electron chi connectivity index (χ4n) is 5.24. The number of H-pyrrole nitrogens is 2. The van der Waals surface area contributed by atoms with E-state index in [-0.39, 0.29) is 17.9 Å². The number of hydrogen-bond donors (Lipinski definition) is 4. The van der Waals surface area contributed by atoms with Crippen LogP contribution in [0.2, 0.25) is 0 Å². The van der Waals surface area contributed by atoms with Gasteiger partial charge in [0, 0.05) is 32.6 Å². The normalized spacial score (nSPS) is 20.2. The standard InChI is InChI=1S/C20H11N3O2.C6H12O/c24-19-15-13-9-5-1-3-7-11(9)21-17(13)18-14(16(15)20(25)23-19)10-6-2-4-8-12(10)22-18;1-5-3-2-4-6(5)7/h1-8,21-22H,(H,23,24,25);5-7H,2-4H2,1H3. The van der Waals surface area contributed by atoms with Crippen LogP contribution in [0.25, 0.3) is 43.6 Å². The lowest BCUT2D eigenvalue weighted by molar-refractivity contribution is 0.0880. The molecule has 0 radical (unpaired) electrons. The molecular weight excluding hydrogens is 402 g/mol. The third-order valence-electron chi connectivity index (χ3n) is 6.91. The van der Waals surface area contributed by atoms with Gasteiger partial charge in [-0.05, 0) is 30.9 Å². The highest BCUT2D eigenvalue weighted by molar-refractivity contribution is 6.39. The molecule has 160 valence electrons. The summed E-state index contributed by atoms with van der Waals surface area (Å²) in [6, 6.07) is 15.7. The van der Waals surface area contributed by atoms with Crippen molar-refractivity contribution < 1.29 is 14.7 Å². The molecule has 2 amide bonds. The molecule has 3 aromatic carbocycles. The molecule has 0 saturated heterocycles. The van der Waals surface area contributed by atoms with Crippen LogP contribution < -0.4 is 5.32 Å². The van der Waals surface area contributed by atoms with Gasteiger partial charge in [-0.2, -0.15) is 0 Å². The Kier molecular flexibility index (Phi) is 4.13.